The molecule has 0 aliphatic carbocycles. The number of rotatable bonds is 4. The Bertz CT molecular complexity index is 422. The van der Waals surface area contributed by atoms with E-state index >= 15 is 0 Å². The van der Waals surface area contributed by atoms with Gasteiger partial charge in [-0.1, -0.05) is 0 Å². The van der Waals surface area contributed by atoms with Gasteiger partial charge in [0.15, 0.2) is 0 Å². The number of pyridine rings is 1. The number of carbonyl (C=O) groups excluding carboxylic acids is 1. The van der Waals surface area contributed by atoms with Crippen LogP contribution < -0.4 is 4.90 Å². The smallest absolute Gasteiger partial charge is 0.338 e. The fraction of sp³-hybridized carbons (Fsp3) is 0.538. The second-order valence-corrected chi connectivity index (χ2v) is 4.45. The zero-order chi connectivity index (χ0) is 13.0. The number of hydrogen-bond donors (Lipinski definition) is 0. The number of carbonyl (C=O) groups is 1. The van der Waals surface area contributed by atoms with Gasteiger partial charge in [-0.05, 0) is 18.6 Å². The van der Waals surface area contributed by atoms with E-state index in [0.29, 0.717) is 11.5 Å². The second-order valence-electron chi connectivity index (χ2n) is 4.45. The summed E-state index contributed by atoms with van der Waals surface area (Å²) in [7, 11) is 3.10. The average Bonchev–Trinajstić information content (AvgIpc) is 2.87. The molecule has 98 valence electrons. The Morgan fingerprint density at radius 1 is 1.56 bits per heavy atom. The van der Waals surface area contributed by atoms with Gasteiger partial charge in [0.25, 0.3) is 0 Å². The third-order valence-corrected chi connectivity index (χ3v) is 3.18. The molecule has 1 aliphatic heterocycles. The molecule has 1 aromatic heterocycles. The maximum absolute atomic E-state index is 11.5. The first-order valence-corrected chi connectivity index (χ1v) is 6.03. The van der Waals surface area contributed by atoms with Crippen LogP contribution in [0.25, 0.3) is 0 Å². The zero-order valence-electron chi connectivity index (χ0n) is 10.8. The Kier molecular flexibility index (Phi) is 4.15. The minimum absolute atomic E-state index is 0.328. The van der Waals surface area contributed by atoms with E-state index in [2.05, 4.69) is 9.88 Å². The van der Waals surface area contributed by atoms with Gasteiger partial charge in [0, 0.05) is 32.3 Å². The van der Waals surface area contributed by atoms with Crippen LogP contribution in [0.15, 0.2) is 18.3 Å². The third-order valence-electron chi connectivity index (χ3n) is 3.18. The Morgan fingerprint density at radius 3 is 3.11 bits per heavy atom. The second kappa shape index (κ2) is 5.82. The molecular weight excluding hydrogens is 232 g/mol. The highest BCUT2D eigenvalue weighted by molar-refractivity contribution is 5.90. The van der Waals surface area contributed by atoms with Crippen LogP contribution in [-0.2, 0) is 9.47 Å². The van der Waals surface area contributed by atoms with Crippen LogP contribution in [0.2, 0.25) is 0 Å². The maximum Gasteiger partial charge on any atom is 0.338 e. The highest BCUT2D eigenvalue weighted by Gasteiger charge is 2.23. The van der Waals surface area contributed by atoms with Crippen molar-refractivity contribution in [2.24, 2.45) is 5.92 Å². The van der Waals surface area contributed by atoms with Crippen LogP contribution in [-0.4, -0.2) is 44.9 Å². The summed E-state index contributed by atoms with van der Waals surface area (Å²) in [6.07, 6.45) is 2.74. The standard InChI is InChI=1S/C13H18N2O3/c1-17-9-10-4-6-15(8-10)12-7-11(3-5-14-12)13(16)18-2/h3,5,7,10H,4,6,8-9H2,1-2H3. The van der Waals surface area contributed by atoms with Gasteiger partial charge in [0.05, 0.1) is 19.3 Å². The maximum atomic E-state index is 11.5. The molecule has 0 spiro atoms. The summed E-state index contributed by atoms with van der Waals surface area (Å²) in [5.41, 5.74) is 0.540. The van der Waals surface area contributed by atoms with Crippen LogP contribution in [0.3, 0.4) is 0 Å². The van der Waals surface area contributed by atoms with E-state index in [1.54, 1.807) is 25.4 Å². The van der Waals surface area contributed by atoms with Crippen molar-refractivity contribution in [3.8, 4) is 0 Å². The summed E-state index contributed by atoms with van der Waals surface area (Å²) in [5.74, 6) is 1.04. The number of nitrogens with zero attached hydrogens (tertiary/aromatic N) is 2. The normalized spacial score (nSPS) is 19.0. The average molecular weight is 250 g/mol. The summed E-state index contributed by atoms with van der Waals surface area (Å²) in [5, 5.41) is 0. The van der Waals surface area contributed by atoms with Gasteiger partial charge in [-0.3, -0.25) is 0 Å². The van der Waals surface area contributed by atoms with Crippen LogP contribution in [0.5, 0.6) is 0 Å². The van der Waals surface area contributed by atoms with Gasteiger partial charge in [0.2, 0.25) is 0 Å². The molecule has 0 N–H and O–H groups in total. The van der Waals surface area contributed by atoms with Crippen molar-refractivity contribution in [2.45, 2.75) is 6.42 Å². The first-order valence-electron chi connectivity index (χ1n) is 6.03. The van der Waals surface area contributed by atoms with Crippen molar-refractivity contribution in [1.82, 2.24) is 4.98 Å². The first kappa shape index (κ1) is 12.8. The summed E-state index contributed by atoms with van der Waals surface area (Å²) in [6.45, 7) is 2.64. The topological polar surface area (TPSA) is 51.7 Å². The number of ether oxygens (including phenoxy) is 2. The van der Waals surface area contributed by atoms with Crippen molar-refractivity contribution >= 4 is 11.8 Å². The largest absolute Gasteiger partial charge is 0.465 e. The lowest BCUT2D eigenvalue weighted by Gasteiger charge is -2.17. The molecule has 1 aliphatic rings. The van der Waals surface area contributed by atoms with Crippen LogP contribution in [0.4, 0.5) is 5.82 Å². The molecule has 5 heteroatoms. The van der Waals surface area contributed by atoms with E-state index in [1.165, 1.54) is 7.11 Å². The number of esters is 1. The lowest BCUT2D eigenvalue weighted by molar-refractivity contribution is 0.0600. The Balaban J connectivity index is 2.08. The van der Waals surface area contributed by atoms with Crippen molar-refractivity contribution in [3.63, 3.8) is 0 Å². The Morgan fingerprint density at radius 2 is 2.39 bits per heavy atom. The van der Waals surface area contributed by atoms with Crippen LogP contribution >= 0.6 is 0 Å². The van der Waals surface area contributed by atoms with E-state index < -0.39 is 0 Å². The van der Waals surface area contributed by atoms with E-state index in [0.717, 1.165) is 31.9 Å². The van der Waals surface area contributed by atoms with Gasteiger partial charge >= 0.3 is 5.97 Å². The monoisotopic (exact) mass is 250 g/mol. The molecule has 0 radical (unpaired) electrons. The molecule has 0 bridgehead atoms. The van der Waals surface area contributed by atoms with Gasteiger partial charge in [-0.15, -0.1) is 0 Å². The van der Waals surface area contributed by atoms with E-state index in [4.69, 9.17) is 9.47 Å². The van der Waals surface area contributed by atoms with Crippen molar-refractivity contribution in [2.75, 3.05) is 38.8 Å². The third kappa shape index (κ3) is 2.79. The fourth-order valence-electron chi connectivity index (χ4n) is 2.25. The van der Waals surface area contributed by atoms with Gasteiger partial charge < -0.3 is 14.4 Å². The van der Waals surface area contributed by atoms with Crippen molar-refractivity contribution in [1.29, 1.82) is 0 Å². The minimum Gasteiger partial charge on any atom is -0.465 e. The molecule has 18 heavy (non-hydrogen) atoms. The van der Waals surface area contributed by atoms with Gasteiger partial charge in [-0.2, -0.15) is 0 Å². The quantitative estimate of drug-likeness (QED) is 0.755. The Hall–Kier alpha value is -1.62. The highest BCUT2D eigenvalue weighted by atomic mass is 16.5. The van der Waals surface area contributed by atoms with Crippen LogP contribution in [0.1, 0.15) is 16.8 Å². The fourth-order valence-corrected chi connectivity index (χ4v) is 2.25. The molecule has 0 saturated carbocycles. The number of anilines is 1. The molecule has 0 amide bonds. The first-order chi connectivity index (χ1) is 8.74. The summed E-state index contributed by atoms with van der Waals surface area (Å²) in [6, 6.07) is 3.44. The van der Waals surface area contributed by atoms with Gasteiger partial charge in [0.1, 0.15) is 5.82 Å². The predicted octanol–water partition coefficient (Wildman–Crippen LogP) is 1.34. The van der Waals surface area contributed by atoms with Crippen molar-refractivity contribution < 1.29 is 14.3 Å². The Labute approximate surface area is 107 Å². The molecule has 2 rings (SSSR count). The molecule has 1 aromatic rings. The minimum atomic E-state index is -0.328. The number of hydrogen-bond acceptors (Lipinski definition) is 5. The molecular formula is C13H18N2O3. The van der Waals surface area contributed by atoms with E-state index in [-0.39, 0.29) is 5.97 Å². The molecule has 1 atom stereocenters. The van der Waals surface area contributed by atoms with E-state index in [9.17, 15) is 4.79 Å². The molecule has 1 fully saturated rings. The predicted molar refractivity (Wildman–Crippen MR) is 67.8 cm³/mol. The number of methoxy groups -OCH3 is 2. The zero-order valence-corrected chi connectivity index (χ0v) is 10.8. The number of aromatic nitrogens is 1. The lowest BCUT2D eigenvalue weighted by atomic mass is 10.1. The summed E-state index contributed by atoms with van der Waals surface area (Å²) in [4.78, 5) is 17.9. The van der Waals surface area contributed by atoms with Gasteiger partial charge in [-0.25, -0.2) is 9.78 Å². The van der Waals surface area contributed by atoms with Crippen LogP contribution in [0, 0.1) is 5.92 Å². The summed E-state index contributed by atoms with van der Waals surface area (Å²) < 4.78 is 9.88. The molecule has 1 unspecified atom stereocenters. The molecule has 1 saturated heterocycles. The molecule has 5 nitrogen and oxygen atoms in total. The molecule has 0 aromatic carbocycles. The summed E-state index contributed by atoms with van der Waals surface area (Å²) >= 11 is 0. The SMILES string of the molecule is COCC1CCN(c2cc(C(=O)OC)ccn2)C1. The molecule has 2 heterocycles. The van der Waals surface area contributed by atoms with E-state index in [1.807, 2.05) is 0 Å². The highest BCUT2D eigenvalue weighted by Crippen LogP contribution is 2.22. The van der Waals surface area contributed by atoms with Crippen molar-refractivity contribution in [3.05, 3.63) is 23.9 Å². The lowest BCUT2D eigenvalue weighted by Crippen LogP contribution is -2.22.